The van der Waals surface area contributed by atoms with Gasteiger partial charge in [0, 0.05) is 36.8 Å². The lowest BCUT2D eigenvalue weighted by Crippen LogP contribution is -2.40. The van der Waals surface area contributed by atoms with Crippen molar-refractivity contribution in [2.75, 3.05) is 33.2 Å². The molecule has 2 rings (SSSR count). The normalized spacial score (nSPS) is 21.0. The SMILES string of the molecule is CC1CN(C)CCCN1CC(=O)c1cccc([N+](=O)[O-])c1. The van der Waals surface area contributed by atoms with Crippen LogP contribution in [-0.2, 0) is 0 Å². The standard InChI is InChI=1S/C15H21N3O3/c1-12-10-16(2)7-4-8-17(12)11-15(19)13-5-3-6-14(9-13)18(20)21/h3,5-6,9,12H,4,7-8,10-11H2,1-2H3. The number of hydrogen-bond acceptors (Lipinski definition) is 5. The molecule has 0 N–H and O–H groups in total. The van der Waals surface area contributed by atoms with E-state index in [1.807, 2.05) is 0 Å². The number of non-ortho nitro benzene ring substituents is 1. The van der Waals surface area contributed by atoms with Gasteiger partial charge in [0.05, 0.1) is 11.5 Å². The number of carbonyl (C=O) groups is 1. The zero-order valence-electron chi connectivity index (χ0n) is 12.5. The molecule has 1 aliphatic rings. The van der Waals surface area contributed by atoms with E-state index in [0.29, 0.717) is 18.2 Å². The summed E-state index contributed by atoms with van der Waals surface area (Å²) < 4.78 is 0. The number of benzene rings is 1. The molecule has 0 saturated carbocycles. The fourth-order valence-corrected chi connectivity index (χ4v) is 2.73. The van der Waals surface area contributed by atoms with Crippen LogP contribution in [0.25, 0.3) is 0 Å². The number of likely N-dealkylation sites (N-methyl/N-ethyl adjacent to an activating group) is 1. The maximum absolute atomic E-state index is 12.3. The molecule has 1 fully saturated rings. The van der Waals surface area contributed by atoms with Gasteiger partial charge in [-0.2, -0.15) is 0 Å². The first-order valence-corrected chi connectivity index (χ1v) is 7.17. The number of nitrogens with zero attached hydrogens (tertiary/aromatic N) is 3. The summed E-state index contributed by atoms with van der Waals surface area (Å²) in [5.41, 5.74) is 0.374. The Labute approximate surface area is 124 Å². The molecule has 1 saturated heterocycles. The molecule has 1 heterocycles. The largest absolute Gasteiger partial charge is 0.305 e. The molecule has 6 heteroatoms. The predicted molar refractivity (Wildman–Crippen MR) is 80.6 cm³/mol. The van der Waals surface area contributed by atoms with Crippen LogP contribution in [0.5, 0.6) is 0 Å². The van der Waals surface area contributed by atoms with Crippen LogP contribution in [0.4, 0.5) is 5.69 Å². The predicted octanol–water partition coefficient (Wildman–Crippen LogP) is 1.80. The molecule has 0 bridgehead atoms. The molecule has 114 valence electrons. The maximum atomic E-state index is 12.3. The number of ketones is 1. The lowest BCUT2D eigenvalue weighted by Gasteiger charge is -2.27. The second-order valence-corrected chi connectivity index (χ2v) is 5.67. The quantitative estimate of drug-likeness (QED) is 0.481. The fourth-order valence-electron chi connectivity index (χ4n) is 2.73. The average molecular weight is 291 g/mol. The number of nitro benzene ring substituents is 1. The fraction of sp³-hybridized carbons (Fsp3) is 0.533. The van der Waals surface area contributed by atoms with Crippen molar-refractivity contribution >= 4 is 11.5 Å². The van der Waals surface area contributed by atoms with Crippen molar-refractivity contribution in [1.82, 2.24) is 9.80 Å². The van der Waals surface area contributed by atoms with Crippen LogP contribution >= 0.6 is 0 Å². The van der Waals surface area contributed by atoms with Gasteiger partial charge in [-0.1, -0.05) is 12.1 Å². The van der Waals surface area contributed by atoms with Gasteiger partial charge in [-0.15, -0.1) is 0 Å². The first-order valence-electron chi connectivity index (χ1n) is 7.17. The molecular weight excluding hydrogens is 270 g/mol. The van der Waals surface area contributed by atoms with Gasteiger partial charge < -0.3 is 4.90 Å². The van der Waals surface area contributed by atoms with Crippen LogP contribution in [0, 0.1) is 10.1 Å². The van der Waals surface area contributed by atoms with Crippen LogP contribution < -0.4 is 0 Å². The summed E-state index contributed by atoms with van der Waals surface area (Å²) in [5.74, 6) is -0.0601. The highest BCUT2D eigenvalue weighted by Gasteiger charge is 2.22. The molecule has 1 aromatic carbocycles. The minimum Gasteiger partial charge on any atom is -0.305 e. The van der Waals surface area contributed by atoms with Gasteiger partial charge in [0.25, 0.3) is 5.69 Å². The summed E-state index contributed by atoms with van der Waals surface area (Å²) in [6.07, 6.45) is 1.03. The van der Waals surface area contributed by atoms with Crippen LogP contribution in [0.3, 0.4) is 0 Å². The number of Topliss-reactive ketones (excluding diaryl/α,β-unsaturated/α-hetero) is 1. The van der Waals surface area contributed by atoms with Gasteiger partial charge in [0.1, 0.15) is 0 Å². The van der Waals surface area contributed by atoms with Crippen LogP contribution in [-0.4, -0.2) is 59.8 Å². The van der Waals surface area contributed by atoms with E-state index in [1.54, 1.807) is 12.1 Å². The molecule has 1 aromatic rings. The zero-order chi connectivity index (χ0) is 15.4. The Morgan fingerprint density at radius 2 is 2.19 bits per heavy atom. The van der Waals surface area contributed by atoms with Crippen molar-refractivity contribution in [3.8, 4) is 0 Å². The van der Waals surface area contributed by atoms with E-state index in [4.69, 9.17) is 0 Å². The summed E-state index contributed by atoms with van der Waals surface area (Å²) in [7, 11) is 2.09. The highest BCUT2D eigenvalue weighted by Crippen LogP contribution is 2.15. The molecule has 1 unspecified atom stereocenters. The van der Waals surface area contributed by atoms with Gasteiger partial charge in [-0.05, 0) is 26.9 Å². The van der Waals surface area contributed by atoms with E-state index in [0.717, 1.165) is 26.1 Å². The van der Waals surface area contributed by atoms with Crippen molar-refractivity contribution in [2.45, 2.75) is 19.4 Å². The molecule has 1 atom stereocenters. The summed E-state index contributed by atoms with van der Waals surface area (Å²) in [6.45, 7) is 5.28. The molecule has 1 aliphatic heterocycles. The lowest BCUT2D eigenvalue weighted by atomic mass is 10.1. The Kier molecular flexibility index (Phi) is 5.03. The summed E-state index contributed by atoms with van der Waals surface area (Å²) in [5, 5.41) is 10.8. The van der Waals surface area contributed by atoms with E-state index in [9.17, 15) is 14.9 Å². The van der Waals surface area contributed by atoms with Crippen LogP contribution in [0.2, 0.25) is 0 Å². The van der Waals surface area contributed by atoms with Crippen molar-refractivity contribution in [3.05, 3.63) is 39.9 Å². The molecule has 0 amide bonds. The number of hydrogen-bond donors (Lipinski definition) is 0. The lowest BCUT2D eigenvalue weighted by molar-refractivity contribution is -0.384. The monoisotopic (exact) mass is 291 g/mol. The Morgan fingerprint density at radius 3 is 2.90 bits per heavy atom. The van der Waals surface area contributed by atoms with Crippen molar-refractivity contribution < 1.29 is 9.72 Å². The zero-order valence-corrected chi connectivity index (χ0v) is 12.5. The third-order valence-electron chi connectivity index (χ3n) is 3.91. The van der Waals surface area contributed by atoms with E-state index < -0.39 is 4.92 Å². The molecule has 0 radical (unpaired) electrons. The van der Waals surface area contributed by atoms with E-state index in [-0.39, 0.29) is 11.5 Å². The van der Waals surface area contributed by atoms with Gasteiger partial charge in [0.2, 0.25) is 0 Å². The minimum atomic E-state index is -0.472. The Balaban J connectivity index is 2.06. The average Bonchev–Trinajstić information content (AvgIpc) is 2.60. The number of nitro groups is 1. The van der Waals surface area contributed by atoms with Crippen LogP contribution in [0.15, 0.2) is 24.3 Å². The molecule has 21 heavy (non-hydrogen) atoms. The molecule has 0 aliphatic carbocycles. The summed E-state index contributed by atoms with van der Waals surface area (Å²) >= 11 is 0. The smallest absolute Gasteiger partial charge is 0.270 e. The molecular formula is C15H21N3O3. The molecule has 6 nitrogen and oxygen atoms in total. The van der Waals surface area contributed by atoms with Crippen molar-refractivity contribution in [1.29, 1.82) is 0 Å². The Hall–Kier alpha value is -1.79. The highest BCUT2D eigenvalue weighted by molar-refractivity contribution is 5.98. The van der Waals surface area contributed by atoms with E-state index in [2.05, 4.69) is 23.8 Å². The Bertz CT molecular complexity index is 533. The highest BCUT2D eigenvalue weighted by atomic mass is 16.6. The maximum Gasteiger partial charge on any atom is 0.270 e. The summed E-state index contributed by atoms with van der Waals surface area (Å²) in [6, 6.07) is 6.27. The van der Waals surface area contributed by atoms with Gasteiger partial charge in [0.15, 0.2) is 5.78 Å². The van der Waals surface area contributed by atoms with Gasteiger partial charge >= 0.3 is 0 Å². The van der Waals surface area contributed by atoms with E-state index in [1.165, 1.54) is 12.1 Å². The Morgan fingerprint density at radius 1 is 1.43 bits per heavy atom. The number of carbonyl (C=O) groups excluding carboxylic acids is 1. The first kappa shape index (κ1) is 15.6. The molecule has 0 aromatic heterocycles. The third kappa shape index (κ3) is 4.09. The topological polar surface area (TPSA) is 66.7 Å². The minimum absolute atomic E-state index is 0.0375. The number of rotatable bonds is 4. The van der Waals surface area contributed by atoms with E-state index >= 15 is 0 Å². The van der Waals surface area contributed by atoms with Crippen molar-refractivity contribution in [2.24, 2.45) is 0 Å². The van der Waals surface area contributed by atoms with Crippen molar-refractivity contribution in [3.63, 3.8) is 0 Å². The molecule has 0 spiro atoms. The second kappa shape index (κ2) is 6.78. The van der Waals surface area contributed by atoms with Gasteiger partial charge in [-0.3, -0.25) is 19.8 Å². The van der Waals surface area contributed by atoms with Gasteiger partial charge in [-0.25, -0.2) is 0 Å². The third-order valence-corrected chi connectivity index (χ3v) is 3.91. The summed E-state index contributed by atoms with van der Waals surface area (Å²) in [4.78, 5) is 27.1. The second-order valence-electron chi connectivity index (χ2n) is 5.67. The first-order chi connectivity index (χ1) is 9.97. The van der Waals surface area contributed by atoms with Crippen LogP contribution in [0.1, 0.15) is 23.7 Å².